The van der Waals surface area contributed by atoms with Gasteiger partial charge >= 0.3 is 0 Å². The summed E-state index contributed by atoms with van der Waals surface area (Å²) in [5.74, 6) is 1.35. The van der Waals surface area contributed by atoms with Crippen molar-refractivity contribution in [3.63, 3.8) is 0 Å². The van der Waals surface area contributed by atoms with E-state index in [1.807, 2.05) is 60.4 Å². The van der Waals surface area contributed by atoms with Crippen molar-refractivity contribution in [3.05, 3.63) is 59.1 Å². The van der Waals surface area contributed by atoms with E-state index < -0.39 is 0 Å². The maximum Gasteiger partial charge on any atom is 0.258 e. The van der Waals surface area contributed by atoms with Crippen molar-refractivity contribution in [1.82, 2.24) is 9.88 Å². The van der Waals surface area contributed by atoms with Crippen LogP contribution in [0.2, 0.25) is 5.02 Å². The second-order valence-electron chi connectivity index (χ2n) is 7.80. The summed E-state index contributed by atoms with van der Waals surface area (Å²) in [6.07, 6.45) is 0. The smallest absolute Gasteiger partial charge is 0.258 e. The van der Waals surface area contributed by atoms with Crippen molar-refractivity contribution in [2.24, 2.45) is 0 Å². The lowest BCUT2D eigenvalue weighted by Gasteiger charge is -2.35. The lowest BCUT2D eigenvalue weighted by Crippen LogP contribution is -2.48. The van der Waals surface area contributed by atoms with E-state index in [0.29, 0.717) is 54.9 Å². The van der Waals surface area contributed by atoms with Gasteiger partial charge in [-0.25, -0.2) is 4.98 Å². The number of benzene rings is 3. The molecule has 1 aromatic heterocycles. The van der Waals surface area contributed by atoms with Crippen molar-refractivity contribution in [1.29, 1.82) is 0 Å². The molecule has 8 heteroatoms. The number of halogens is 1. The standard InChI is InChI=1S/C25H24ClN3O3S/c1-3-32-19-10-8-16-6-4-5-7-17(16)21(19)24(30)28-12-14-29(15-13-28)25-27-22-20(31-2)11-9-18(26)23(22)33-25/h4-11H,3,12-15H2,1-2H3. The van der Waals surface area contributed by atoms with Crippen molar-refractivity contribution >= 4 is 55.0 Å². The number of carbonyl (C=O) groups is 1. The minimum Gasteiger partial charge on any atom is -0.494 e. The zero-order valence-corrected chi connectivity index (χ0v) is 20.1. The summed E-state index contributed by atoms with van der Waals surface area (Å²) in [4.78, 5) is 22.5. The summed E-state index contributed by atoms with van der Waals surface area (Å²) in [5.41, 5.74) is 1.42. The molecule has 170 valence electrons. The Kier molecular flexibility index (Phi) is 6.00. The monoisotopic (exact) mass is 481 g/mol. The lowest BCUT2D eigenvalue weighted by atomic mass is 10.0. The first kappa shape index (κ1) is 21.8. The van der Waals surface area contributed by atoms with Gasteiger partial charge in [0.25, 0.3) is 5.91 Å². The lowest BCUT2D eigenvalue weighted by molar-refractivity contribution is 0.0744. The van der Waals surface area contributed by atoms with E-state index in [-0.39, 0.29) is 5.91 Å². The van der Waals surface area contributed by atoms with Gasteiger partial charge in [0.05, 0.1) is 29.0 Å². The molecule has 1 aliphatic rings. The number of thiazole rings is 1. The fraction of sp³-hybridized carbons (Fsp3) is 0.280. The summed E-state index contributed by atoms with van der Waals surface area (Å²) >= 11 is 7.95. The summed E-state index contributed by atoms with van der Waals surface area (Å²) in [7, 11) is 1.63. The highest BCUT2D eigenvalue weighted by Crippen LogP contribution is 2.39. The zero-order valence-electron chi connectivity index (χ0n) is 18.5. The van der Waals surface area contributed by atoms with Crippen LogP contribution in [0.1, 0.15) is 17.3 Å². The molecule has 1 fully saturated rings. The van der Waals surface area contributed by atoms with Crippen LogP contribution in [0, 0.1) is 0 Å². The van der Waals surface area contributed by atoms with Gasteiger partial charge < -0.3 is 19.3 Å². The van der Waals surface area contributed by atoms with Crippen LogP contribution in [-0.2, 0) is 0 Å². The van der Waals surface area contributed by atoms with Crippen molar-refractivity contribution < 1.29 is 14.3 Å². The number of carbonyl (C=O) groups excluding carboxylic acids is 1. The average Bonchev–Trinajstić information content (AvgIpc) is 3.31. The molecule has 0 atom stereocenters. The van der Waals surface area contributed by atoms with E-state index >= 15 is 0 Å². The highest BCUT2D eigenvalue weighted by Gasteiger charge is 2.27. The number of aromatic nitrogens is 1. The van der Waals surface area contributed by atoms with Gasteiger partial charge in [-0.1, -0.05) is 53.3 Å². The number of hydrogen-bond donors (Lipinski definition) is 0. The molecule has 4 aromatic rings. The molecule has 0 N–H and O–H groups in total. The van der Waals surface area contributed by atoms with Gasteiger partial charge in [-0.05, 0) is 35.9 Å². The molecule has 0 spiro atoms. The molecule has 2 heterocycles. The van der Waals surface area contributed by atoms with Crippen LogP contribution in [0.3, 0.4) is 0 Å². The second kappa shape index (κ2) is 9.08. The number of hydrogen-bond acceptors (Lipinski definition) is 6. The van der Waals surface area contributed by atoms with Crippen LogP contribution in [-0.4, -0.2) is 55.7 Å². The summed E-state index contributed by atoms with van der Waals surface area (Å²) in [6, 6.07) is 15.5. The Labute approximate surface area is 201 Å². The fourth-order valence-corrected chi connectivity index (χ4v) is 5.56. The normalized spacial score (nSPS) is 14.2. The predicted octanol–water partition coefficient (Wildman–Crippen LogP) is 5.47. The summed E-state index contributed by atoms with van der Waals surface area (Å²) < 4.78 is 12.2. The van der Waals surface area contributed by atoms with Gasteiger partial charge in [-0.15, -0.1) is 0 Å². The van der Waals surface area contributed by atoms with E-state index in [1.54, 1.807) is 18.4 Å². The largest absolute Gasteiger partial charge is 0.494 e. The molecular formula is C25H24ClN3O3S. The van der Waals surface area contributed by atoms with Gasteiger partial charge in [-0.2, -0.15) is 0 Å². The molecule has 1 saturated heterocycles. The molecule has 0 saturated carbocycles. The van der Waals surface area contributed by atoms with Gasteiger partial charge in [0.15, 0.2) is 5.13 Å². The molecule has 6 nitrogen and oxygen atoms in total. The van der Waals surface area contributed by atoms with Gasteiger partial charge in [0.1, 0.15) is 17.0 Å². The molecule has 33 heavy (non-hydrogen) atoms. The Hall–Kier alpha value is -3.03. The minimum atomic E-state index is 0.00362. The molecule has 3 aromatic carbocycles. The first-order chi connectivity index (χ1) is 16.1. The second-order valence-corrected chi connectivity index (χ2v) is 9.18. The average molecular weight is 482 g/mol. The number of piperazine rings is 1. The third kappa shape index (κ3) is 3.96. The highest BCUT2D eigenvalue weighted by molar-refractivity contribution is 7.22. The van der Waals surface area contributed by atoms with Crippen molar-refractivity contribution in [2.45, 2.75) is 6.92 Å². The summed E-state index contributed by atoms with van der Waals surface area (Å²) in [5, 5.41) is 3.51. The minimum absolute atomic E-state index is 0.00362. The summed E-state index contributed by atoms with van der Waals surface area (Å²) in [6.45, 7) is 5.04. The molecular weight excluding hydrogens is 458 g/mol. The van der Waals surface area contributed by atoms with Crippen LogP contribution in [0.15, 0.2) is 48.5 Å². The van der Waals surface area contributed by atoms with Crippen molar-refractivity contribution in [2.75, 3.05) is 44.8 Å². The Morgan fingerprint density at radius 1 is 1.06 bits per heavy atom. The quantitative estimate of drug-likeness (QED) is 0.378. The maximum atomic E-state index is 13.6. The number of methoxy groups -OCH3 is 1. The Bertz CT molecular complexity index is 1330. The van der Waals surface area contributed by atoms with E-state index in [2.05, 4.69) is 4.90 Å². The molecule has 1 aliphatic heterocycles. The molecule has 0 bridgehead atoms. The molecule has 0 unspecified atom stereocenters. The predicted molar refractivity (Wildman–Crippen MR) is 134 cm³/mol. The van der Waals surface area contributed by atoms with Crippen LogP contribution in [0.5, 0.6) is 11.5 Å². The fourth-order valence-electron chi connectivity index (χ4n) is 4.25. The third-order valence-electron chi connectivity index (χ3n) is 5.91. The number of fused-ring (bicyclic) bond motifs is 2. The highest BCUT2D eigenvalue weighted by atomic mass is 35.5. The first-order valence-electron chi connectivity index (χ1n) is 10.9. The van der Waals surface area contributed by atoms with Crippen LogP contribution >= 0.6 is 22.9 Å². The van der Waals surface area contributed by atoms with E-state index in [0.717, 1.165) is 26.1 Å². The van der Waals surface area contributed by atoms with E-state index in [9.17, 15) is 4.79 Å². The van der Waals surface area contributed by atoms with Crippen LogP contribution in [0.4, 0.5) is 5.13 Å². The van der Waals surface area contributed by atoms with Crippen molar-refractivity contribution in [3.8, 4) is 11.5 Å². The van der Waals surface area contributed by atoms with Crippen LogP contribution < -0.4 is 14.4 Å². The number of amides is 1. The zero-order chi connectivity index (χ0) is 22.9. The number of ether oxygens (including phenoxy) is 2. The third-order valence-corrected chi connectivity index (χ3v) is 7.49. The molecule has 0 aliphatic carbocycles. The van der Waals surface area contributed by atoms with E-state index in [4.69, 9.17) is 26.1 Å². The topological polar surface area (TPSA) is 54.9 Å². The first-order valence-corrected chi connectivity index (χ1v) is 12.1. The number of nitrogens with zero attached hydrogens (tertiary/aromatic N) is 3. The number of rotatable bonds is 5. The Balaban J connectivity index is 1.39. The SMILES string of the molecule is CCOc1ccc2ccccc2c1C(=O)N1CCN(c2nc3c(OC)ccc(Cl)c3s2)CC1. The van der Waals surface area contributed by atoms with Gasteiger partial charge in [0.2, 0.25) is 0 Å². The van der Waals surface area contributed by atoms with E-state index in [1.165, 1.54) is 0 Å². The number of anilines is 1. The Morgan fingerprint density at radius 2 is 1.82 bits per heavy atom. The Morgan fingerprint density at radius 3 is 2.58 bits per heavy atom. The van der Waals surface area contributed by atoms with Gasteiger partial charge in [-0.3, -0.25) is 4.79 Å². The van der Waals surface area contributed by atoms with Gasteiger partial charge in [0, 0.05) is 26.2 Å². The maximum absolute atomic E-state index is 13.6. The van der Waals surface area contributed by atoms with Crippen LogP contribution in [0.25, 0.3) is 21.0 Å². The molecule has 1 amide bonds. The molecule has 5 rings (SSSR count). The molecule has 0 radical (unpaired) electrons.